The van der Waals surface area contributed by atoms with Crippen molar-refractivity contribution in [3.05, 3.63) is 100 Å². The first-order valence-electron chi connectivity index (χ1n) is 19.1. The lowest BCUT2D eigenvalue weighted by molar-refractivity contribution is -0.155. The van der Waals surface area contributed by atoms with Crippen LogP contribution < -0.4 is 9.47 Å². The van der Waals surface area contributed by atoms with Crippen LogP contribution in [0.4, 0.5) is 0 Å². The molecular formula is C45H45NO9. The SMILES string of the molecule is COc1cc2c(cc1O)C1=C3C=CC4CCC(C3C4)C2CC(=O)CC(C(O)Cc2ccc(O)c(OCCO)c2)OC(=O)CC#CCc2c1[nH]c1ccccc21. The van der Waals surface area contributed by atoms with Crippen molar-refractivity contribution in [3.8, 4) is 34.8 Å². The summed E-state index contributed by atoms with van der Waals surface area (Å²) in [5.74, 6) is 6.19. The van der Waals surface area contributed by atoms with Gasteiger partial charge in [-0.1, -0.05) is 48.3 Å². The number of aromatic amines is 1. The van der Waals surface area contributed by atoms with E-state index in [-0.39, 0.29) is 79.7 Å². The van der Waals surface area contributed by atoms with Crippen molar-refractivity contribution in [2.45, 2.75) is 69.5 Å². The van der Waals surface area contributed by atoms with Gasteiger partial charge in [0, 0.05) is 42.2 Å². The third-order valence-electron chi connectivity index (χ3n) is 11.8. The first-order chi connectivity index (χ1) is 26.7. The molecule has 0 spiro atoms. The number of aliphatic hydroxyl groups excluding tert-OH is 2. The van der Waals surface area contributed by atoms with Gasteiger partial charge in [-0.15, -0.1) is 0 Å². The zero-order chi connectivity index (χ0) is 38.2. The van der Waals surface area contributed by atoms with Gasteiger partial charge >= 0.3 is 5.97 Å². The van der Waals surface area contributed by atoms with Crippen LogP contribution in [-0.2, 0) is 27.2 Å². The highest BCUT2D eigenvalue weighted by atomic mass is 16.6. The van der Waals surface area contributed by atoms with Crippen molar-refractivity contribution in [1.82, 2.24) is 4.98 Å². The third-order valence-corrected chi connectivity index (χ3v) is 11.8. The van der Waals surface area contributed by atoms with Crippen LogP contribution in [-0.4, -0.2) is 69.7 Å². The molecule has 4 bridgehead atoms. The van der Waals surface area contributed by atoms with E-state index in [0.717, 1.165) is 58.1 Å². The predicted octanol–water partition coefficient (Wildman–Crippen LogP) is 6.27. The summed E-state index contributed by atoms with van der Waals surface area (Å²) in [6, 6.07) is 16.3. The van der Waals surface area contributed by atoms with E-state index in [1.165, 1.54) is 18.7 Å². The first kappa shape index (κ1) is 36.5. The second-order valence-electron chi connectivity index (χ2n) is 15.1. The van der Waals surface area contributed by atoms with Crippen LogP contribution in [0, 0.1) is 29.6 Å². The zero-order valence-corrected chi connectivity index (χ0v) is 30.7. The Labute approximate surface area is 319 Å². The normalized spacial score (nSPS) is 23.9. The Kier molecular flexibility index (Phi) is 10.2. The number of carbonyl (C=O) groups is 2. The van der Waals surface area contributed by atoms with Crippen molar-refractivity contribution < 1.29 is 44.2 Å². The van der Waals surface area contributed by atoms with Gasteiger partial charge in [-0.3, -0.25) is 9.59 Å². The van der Waals surface area contributed by atoms with E-state index in [1.54, 1.807) is 18.2 Å². The monoisotopic (exact) mass is 743 g/mol. The van der Waals surface area contributed by atoms with E-state index in [2.05, 4.69) is 35.0 Å². The Morgan fingerprint density at radius 2 is 1.80 bits per heavy atom. The number of ketones is 1. The molecule has 3 aromatic carbocycles. The number of allylic oxidation sites excluding steroid dienone is 3. The van der Waals surface area contributed by atoms with Gasteiger partial charge in [-0.2, -0.15) is 0 Å². The number of cyclic esters (lactones) is 1. The van der Waals surface area contributed by atoms with E-state index in [9.17, 15) is 30.0 Å². The average Bonchev–Trinajstić information content (AvgIpc) is 3.48. The molecule has 1 aliphatic heterocycles. The Bertz CT molecular complexity index is 2270. The maximum absolute atomic E-state index is 14.4. The summed E-state index contributed by atoms with van der Waals surface area (Å²) in [4.78, 5) is 31.5. The summed E-state index contributed by atoms with van der Waals surface area (Å²) >= 11 is 0. The highest BCUT2D eigenvalue weighted by Gasteiger charge is 2.45. The Morgan fingerprint density at radius 1 is 0.964 bits per heavy atom. The number of H-pyrrole nitrogens is 1. The summed E-state index contributed by atoms with van der Waals surface area (Å²) in [6.07, 6.45) is 5.04. The van der Waals surface area contributed by atoms with Gasteiger partial charge in [0.1, 0.15) is 24.9 Å². The van der Waals surface area contributed by atoms with Crippen LogP contribution in [0.15, 0.2) is 72.3 Å². The number of phenolic OH excluding ortho intramolecular Hbond substituents is 2. The number of esters is 1. The molecular weight excluding hydrogens is 698 g/mol. The van der Waals surface area contributed by atoms with Crippen LogP contribution in [0.2, 0.25) is 0 Å². The minimum Gasteiger partial charge on any atom is -0.504 e. The fourth-order valence-electron chi connectivity index (χ4n) is 9.30. The Morgan fingerprint density at radius 3 is 2.64 bits per heavy atom. The number of para-hydroxylation sites is 1. The van der Waals surface area contributed by atoms with Crippen LogP contribution in [0.25, 0.3) is 16.5 Å². The molecule has 10 nitrogen and oxygen atoms in total. The maximum atomic E-state index is 14.4. The minimum atomic E-state index is -1.26. The fourth-order valence-corrected chi connectivity index (χ4v) is 9.30. The minimum absolute atomic E-state index is 0.00747. The highest BCUT2D eigenvalue weighted by Crippen LogP contribution is 2.57. The number of nitrogens with one attached hydrogen (secondary N) is 1. The van der Waals surface area contributed by atoms with Crippen molar-refractivity contribution >= 4 is 28.2 Å². The number of carbonyl (C=O) groups excluding carboxylic acids is 2. The van der Waals surface area contributed by atoms with Gasteiger partial charge in [0.25, 0.3) is 0 Å². The fraction of sp³-hybridized carbons (Fsp3) is 0.378. The molecule has 4 aromatic rings. The summed E-state index contributed by atoms with van der Waals surface area (Å²) < 4.78 is 17.0. The smallest absolute Gasteiger partial charge is 0.318 e. The number of Topliss-reactive ketones (excluding diaryl/α,β-unsaturated/α-hetero) is 1. The lowest BCUT2D eigenvalue weighted by Crippen LogP contribution is -2.36. The molecule has 8 rings (SSSR count). The maximum Gasteiger partial charge on any atom is 0.318 e. The largest absolute Gasteiger partial charge is 0.504 e. The predicted molar refractivity (Wildman–Crippen MR) is 206 cm³/mol. The number of aromatic hydroxyl groups is 2. The molecule has 2 heterocycles. The number of aliphatic hydroxyl groups is 2. The summed E-state index contributed by atoms with van der Waals surface area (Å²) in [5, 5.41) is 43.4. The lowest BCUT2D eigenvalue weighted by Gasteiger charge is -2.42. The van der Waals surface area contributed by atoms with E-state index in [0.29, 0.717) is 23.7 Å². The van der Waals surface area contributed by atoms with E-state index in [4.69, 9.17) is 14.2 Å². The molecule has 6 unspecified atom stereocenters. The molecule has 55 heavy (non-hydrogen) atoms. The van der Waals surface area contributed by atoms with Crippen LogP contribution >= 0.6 is 0 Å². The van der Waals surface area contributed by atoms with E-state index >= 15 is 0 Å². The molecule has 1 fully saturated rings. The van der Waals surface area contributed by atoms with Crippen molar-refractivity contribution in [3.63, 3.8) is 0 Å². The van der Waals surface area contributed by atoms with Gasteiger partial charge in [0.15, 0.2) is 23.0 Å². The van der Waals surface area contributed by atoms with Gasteiger partial charge in [-0.25, -0.2) is 0 Å². The Balaban J connectivity index is 1.25. The summed E-state index contributed by atoms with van der Waals surface area (Å²) in [5.41, 5.74) is 7.33. The van der Waals surface area contributed by atoms with Gasteiger partial charge in [-0.05, 0) is 101 Å². The summed E-state index contributed by atoms with van der Waals surface area (Å²) in [7, 11) is 1.52. The molecule has 10 heteroatoms. The molecule has 0 saturated heterocycles. The van der Waals surface area contributed by atoms with E-state index < -0.39 is 18.2 Å². The van der Waals surface area contributed by atoms with Crippen LogP contribution in [0.5, 0.6) is 23.0 Å². The molecule has 0 radical (unpaired) electrons. The molecule has 5 N–H and O–H groups in total. The number of ether oxygens (including phenoxy) is 3. The van der Waals surface area contributed by atoms with Gasteiger partial charge in [0.2, 0.25) is 0 Å². The van der Waals surface area contributed by atoms with Crippen molar-refractivity contribution in [2.75, 3.05) is 20.3 Å². The second kappa shape index (κ2) is 15.3. The molecule has 4 aliphatic rings. The van der Waals surface area contributed by atoms with E-state index in [1.807, 2.05) is 24.3 Å². The first-order valence-corrected chi connectivity index (χ1v) is 19.1. The number of methoxy groups -OCH3 is 1. The van der Waals surface area contributed by atoms with Gasteiger partial charge < -0.3 is 39.6 Å². The third kappa shape index (κ3) is 7.10. The highest BCUT2D eigenvalue weighted by molar-refractivity contribution is 5.96. The molecule has 0 amide bonds. The number of hydrogen-bond acceptors (Lipinski definition) is 9. The average molecular weight is 744 g/mol. The number of phenols is 2. The molecule has 284 valence electrons. The molecule has 6 atom stereocenters. The molecule has 3 aliphatic carbocycles. The number of rotatable bonds is 7. The number of benzene rings is 3. The topological polar surface area (TPSA) is 159 Å². The Hall–Kier alpha value is -5.50. The van der Waals surface area contributed by atoms with Gasteiger partial charge in [0.05, 0.1) is 25.5 Å². The van der Waals surface area contributed by atoms with Crippen LogP contribution in [0.3, 0.4) is 0 Å². The van der Waals surface area contributed by atoms with Crippen LogP contribution in [0.1, 0.15) is 72.4 Å². The number of fused-ring (bicyclic) bond motifs is 6. The quantitative estimate of drug-likeness (QED) is 0.109. The zero-order valence-electron chi connectivity index (χ0n) is 30.7. The standard InChI is InChI=1S/C45H45NO9/c1-53-40-24-34-33-21-27(48)22-42(38(50)19-26-12-15-37(49)41(20-26)54-17-16-47)55-43(52)9-5-3-7-31-29-6-2-4-8-36(29)46-45(31)44(35(34)23-39(40)51)30-14-11-25-10-13-28(33)32(30)18-25/h2,4,6,8,11-12,14-15,20,23-25,28,32-33,38,42,46-47,49-51H,7,9-10,13,16-19,21-22H2,1H3. The molecule has 1 aromatic heterocycles. The lowest BCUT2D eigenvalue weighted by atomic mass is 9.62. The second-order valence-corrected chi connectivity index (χ2v) is 15.1. The van der Waals surface area contributed by atoms with Crippen molar-refractivity contribution in [2.24, 2.45) is 17.8 Å². The van der Waals surface area contributed by atoms with Crippen molar-refractivity contribution in [1.29, 1.82) is 0 Å². The number of aromatic nitrogens is 1. The number of hydrogen-bond donors (Lipinski definition) is 5. The summed E-state index contributed by atoms with van der Waals surface area (Å²) in [6.45, 7) is -0.265. The molecule has 1 saturated carbocycles.